The molecule has 2 aromatic rings. The second kappa shape index (κ2) is 7.05. The summed E-state index contributed by atoms with van der Waals surface area (Å²) in [6, 6.07) is 9.23. The van der Waals surface area contributed by atoms with Gasteiger partial charge in [-0.2, -0.15) is 5.10 Å². The van der Waals surface area contributed by atoms with Crippen LogP contribution in [-0.2, 0) is 19.4 Å². The molecule has 0 saturated heterocycles. The Balaban J connectivity index is 0.00000168. The van der Waals surface area contributed by atoms with Crippen molar-refractivity contribution in [1.82, 2.24) is 20.4 Å². The first-order valence-corrected chi connectivity index (χ1v) is 9.50. The van der Waals surface area contributed by atoms with Crippen LogP contribution in [0.4, 0.5) is 0 Å². The molecule has 1 aromatic heterocycles. The fourth-order valence-electron chi connectivity index (χ4n) is 4.46. The number of hydrogen-bond acceptors (Lipinski definition) is 3. The molecule has 138 valence electrons. The predicted octanol–water partition coefficient (Wildman–Crippen LogP) is 3.16. The Labute approximate surface area is 160 Å². The van der Waals surface area contributed by atoms with Gasteiger partial charge in [0.2, 0.25) is 0 Å². The molecule has 1 unspecified atom stereocenters. The maximum atomic E-state index is 13.5. The molecule has 0 bridgehead atoms. The lowest BCUT2D eigenvalue weighted by Gasteiger charge is -2.36. The Morgan fingerprint density at radius 3 is 2.85 bits per heavy atom. The van der Waals surface area contributed by atoms with Crippen LogP contribution in [0.2, 0.25) is 0 Å². The van der Waals surface area contributed by atoms with Gasteiger partial charge >= 0.3 is 0 Å². The molecular weight excluding hydrogens is 348 g/mol. The molecule has 1 aliphatic heterocycles. The van der Waals surface area contributed by atoms with Gasteiger partial charge in [0, 0.05) is 36.8 Å². The number of fused-ring (bicyclic) bond motifs is 2. The fourth-order valence-corrected chi connectivity index (χ4v) is 4.46. The van der Waals surface area contributed by atoms with Crippen molar-refractivity contribution in [3.05, 3.63) is 52.3 Å². The Hall–Kier alpha value is -1.85. The third-order valence-corrected chi connectivity index (χ3v) is 5.86. The average molecular weight is 373 g/mol. The number of aryl methyl sites for hydroxylation is 1. The molecule has 2 heterocycles. The van der Waals surface area contributed by atoms with Gasteiger partial charge in [0.25, 0.3) is 5.91 Å². The highest BCUT2D eigenvalue weighted by Crippen LogP contribution is 2.41. The van der Waals surface area contributed by atoms with Gasteiger partial charge in [-0.05, 0) is 43.2 Å². The molecule has 5 nitrogen and oxygen atoms in total. The number of carbonyl (C=O) groups excluding carboxylic acids is 1. The van der Waals surface area contributed by atoms with Crippen molar-refractivity contribution in [2.75, 3.05) is 6.54 Å². The molecule has 1 saturated carbocycles. The van der Waals surface area contributed by atoms with Crippen molar-refractivity contribution >= 4 is 18.3 Å². The second-order valence-corrected chi connectivity index (χ2v) is 7.51. The number of halogens is 1. The summed E-state index contributed by atoms with van der Waals surface area (Å²) in [4.78, 5) is 15.6. The minimum absolute atomic E-state index is 0. The van der Waals surface area contributed by atoms with E-state index in [-0.39, 0.29) is 24.4 Å². The Morgan fingerprint density at radius 1 is 1.15 bits per heavy atom. The van der Waals surface area contributed by atoms with E-state index in [0.29, 0.717) is 11.7 Å². The van der Waals surface area contributed by atoms with Crippen LogP contribution in [0, 0.1) is 0 Å². The summed E-state index contributed by atoms with van der Waals surface area (Å²) in [5.74, 6) is 0.116. The summed E-state index contributed by atoms with van der Waals surface area (Å²) in [6.45, 7) is 1.69. The summed E-state index contributed by atoms with van der Waals surface area (Å²) in [7, 11) is 0. The highest BCUT2D eigenvalue weighted by atomic mass is 35.5. The number of carbonyl (C=O) groups is 1. The van der Waals surface area contributed by atoms with Crippen molar-refractivity contribution in [2.24, 2.45) is 0 Å². The second-order valence-electron chi connectivity index (χ2n) is 7.51. The fraction of sp³-hybridized carbons (Fsp3) is 0.500. The Morgan fingerprint density at radius 2 is 2.00 bits per heavy atom. The van der Waals surface area contributed by atoms with Crippen LogP contribution < -0.4 is 5.32 Å². The number of nitrogens with zero attached hydrogens (tertiary/aromatic N) is 2. The van der Waals surface area contributed by atoms with E-state index in [4.69, 9.17) is 0 Å². The zero-order valence-corrected chi connectivity index (χ0v) is 15.6. The molecule has 1 amide bonds. The number of H-pyrrole nitrogens is 1. The lowest BCUT2D eigenvalue weighted by Crippen LogP contribution is -2.39. The molecular formula is C20H25ClN4O. The van der Waals surface area contributed by atoms with E-state index in [1.165, 1.54) is 11.1 Å². The first kappa shape index (κ1) is 17.6. The lowest BCUT2D eigenvalue weighted by atomic mass is 9.86. The molecule has 1 aromatic carbocycles. The Bertz CT molecular complexity index is 814. The van der Waals surface area contributed by atoms with E-state index in [1.807, 2.05) is 0 Å². The number of nitrogens with one attached hydrogen (secondary N) is 2. The van der Waals surface area contributed by atoms with Gasteiger partial charge in [0.1, 0.15) is 0 Å². The SMILES string of the molecule is Cl.O=C(c1n[nH]c2c1CNCC2)N(C1CC1)C1CCCc2ccccc21. The molecule has 5 rings (SSSR count). The topological polar surface area (TPSA) is 61.0 Å². The molecule has 26 heavy (non-hydrogen) atoms. The van der Waals surface area contributed by atoms with Crippen molar-refractivity contribution in [3.8, 4) is 0 Å². The van der Waals surface area contributed by atoms with Gasteiger partial charge in [0.15, 0.2) is 5.69 Å². The van der Waals surface area contributed by atoms with Crippen LogP contribution >= 0.6 is 12.4 Å². The lowest BCUT2D eigenvalue weighted by molar-refractivity contribution is 0.0630. The summed E-state index contributed by atoms with van der Waals surface area (Å²) < 4.78 is 0. The molecule has 1 atom stereocenters. The van der Waals surface area contributed by atoms with E-state index in [2.05, 4.69) is 44.7 Å². The summed E-state index contributed by atoms with van der Waals surface area (Å²) in [6.07, 6.45) is 6.50. The maximum Gasteiger partial charge on any atom is 0.275 e. The largest absolute Gasteiger partial charge is 0.327 e. The van der Waals surface area contributed by atoms with Gasteiger partial charge in [-0.1, -0.05) is 24.3 Å². The average Bonchev–Trinajstić information content (AvgIpc) is 3.39. The molecule has 2 aliphatic carbocycles. The van der Waals surface area contributed by atoms with Crippen LogP contribution in [0.1, 0.15) is 64.6 Å². The van der Waals surface area contributed by atoms with Gasteiger partial charge in [0.05, 0.1) is 6.04 Å². The van der Waals surface area contributed by atoms with E-state index in [9.17, 15) is 4.79 Å². The van der Waals surface area contributed by atoms with Crippen LogP contribution in [0.3, 0.4) is 0 Å². The van der Waals surface area contributed by atoms with Gasteiger partial charge in [-0.25, -0.2) is 0 Å². The van der Waals surface area contributed by atoms with Crippen molar-refractivity contribution < 1.29 is 4.79 Å². The molecule has 3 aliphatic rings. The predicted molar refractivity (Wildman–Crippen MR) is 103 cm³/mol. The number of benzene rings is 1. The van der Waals surface area contributed by atoms with Crippen LogP contribution in [0.25, 0.3) is 0 Å². The van der Waals surface area contributed by atoms with Gasteiger partial charge in [-0.15, -0.1) is 12.4 Å². The van der Waals surface area contributed by atoms with E-state index < -0.39 is 0 Å². The number of amides is 1. The summed E-state index contributed by atoms with van der Waals surface area (Å²) >= 11 is 0. The van der Waals surface area contributed by atoms with Crippen LogP contribution in [-0.4, -0.2) is 33.6 Å². The van der Waals surface area contributed by atoms with Gasteiger partial charge < -0.3 is 10.2 Å². The third-order valence-electron chi connectivity index (χ3n) is 5.86. The number of aromatic nitrogens is 2. The molecule has 0 spiro atoms. The molecule has 6 heteroatoms. The first-order chi connectivity index (χ1) is 12.3. The number of rotatable bonds is 3. The smallest absolute Gasteiger partial charge is 0.275 e. The quantitative estimate of drug-likeness (QED) is 0.870. The monoisotopic (exact) mass is 372 g/mol. The van der Waals surface area contributed by atoms with Crippen LogP contribution in [0.15, 0.2) is 24.3 Å². The highest BCUT2D eigenvalue weighted by molar-refractivity contribution is 5.95. The zero-order valence-electron chi connectivity index (χ0n) is 14.8. The zero-order chi connectivity index (χ0) is 16.8. The normalized spacial score (nSPS) is 21.3. The minimum atomic E-state index is 0. The van der Waals surface area contributed by atoms with Crippen molar-refractivity contribution in [3.63, 3.8) is 0 Å². The number of hydrogen-bond donors (Lipinski definition) is 2. The molecule has 2 N–H and O–H groups in total. The maximum absolute atomic E-state index is 13.5. The highest BCUT2D eigenvalue weighted by Gasteiger charge is 2.41. The number of aromatic amines is 1. The first-order valence-electron chi connectivity index (χ1n) is 9.50. The van der Waals surface area contributed by atoms with Crippen LogP contribution in [0.5, 0.6) is 0 Å². The minimum Gasteiger partial charge on any atom is -0.327 e. The van der Waals surface area contributed by atoms with E-state index >= 15 is 0 Å². The van der Waals surface area contributed by atoms with E-state index in [0.717, 1.165) is 62.9 Å². The third kappa shape index (κ3) is 2.93. The summed E-state index contributed by atoms with van der Waals surface area (Å²) in [5, 5.41) is 10.9. The molecule has 1 fully saturated rings. The Kier molecular flexibility index (Phi) is 4.76. The van der Waals surface area contributed by atoms with Crippen molar-refractivity contribution in [1.29, 1.82) is 0 Å². The van der Waals surface area contributed by atoms with Gasteiger partial charge in [-0.3, -0.25) is 9.89 Å². The van der Waals surface area contributed by atoms with E-state index in [1.54, 1.807) is 0 Å². The standard InChI is InChI=1S/C20H24N4O.ClH/c25-20(19-16-12-21-11-10-17(16)22-23-19)24(14-8-9-14)18-7-3-5-13-4-1-2-6-15(13)18;/h1-2,4,6,14,18,21H,3,5,7-12H2,(H,22,23);1H. The molecule has 0 radical (unpaired) electrons. The van der Waals surface area contributed by atoms with Crippen molar-refractivity contribution in [2.45, 2.75) is 57.2 Å². The summed E-state index contributed by atoms with van der Waals surface area (Å²) in [5.41, 5.74) is 5.59.